The number of hydrogen-bond donors (Lipinski definition) is 1. The molecule has 0 radical (unpaired) electrons. The molecule has 1 rings (SSSR count). The molecule has 0 heterocycles. The fourth-order valence-electron chi connectivity index (χ4n) is 1.58. The Morgan fingerprint density at radius 3 is 2.40 bits per heavy atom. The molecule has 1 aromatic carbocycles. The Morgan fingerprint density at radius 1 is 1.13 bits per heavy atom. The molecule has 0 saturated heterocycles. The summed E-state index contributed by atoms with van der Waals surface area (Å²) in [5, 5.41) is 3.28. The Bertz CT molecular complexity index is 276. The van der Waals surface area contributed by atoms with E-state index in [4.69, 9.17) is 4.74 Å². The first-order chi connectivity index (χ1) is 7.22. The largest absolute Gasteiger partial charge is 0.494 e. The number of benzene rings is 1. The molecule has 0 atom stereocenters. The van der Waals surface area contributed by atoms with Crippen LogP contribution in [0.3, 0.4) is 0 Å². The summed E-state index contributed by atoms with van der Waals surface area (Å²) in [6.07, 6.45) is 1.06. The lowest BCUT2D eigenvalue weighted by atomic mass is 10.1. The van der Waals surface area contributed by atoms with Crippen LogP contribution in [0.5, 0.6) is 5.75 Å². The van der Waals surface area contributed by atoms with Gasteiger partial charge in [0.25, 0.3) is 0 Å². The standard InChI is InChI=1S/C13H21NO/c1-4-14-6-5-7-15-13-9-11(2)8-12(3)10-13/h8-10,14H,4-7H2,1-3H3. The predicted molar refractivity (Wildman–Crippen MR) is 64.6 cm³/mol. The van der Waals surface area contributed by atoms with E-state index in [-0.39, 0.29) is 0 Å². The molecule has 1 aromatic rings. The average Bonchev–Trinajstić information content (AvgIpc) is 2.16. The normalized spacial score (nSPS) is 10.3. The molecule has 15 heavy (non-hydrogen) atoms. The van der Waals surface area contributed by atoms with Gasteiger partial charge in [-0.3, -0.25) is 0 Å². The van der Waals surface area contributed by atoms with E-state index in [1.165, 1.54) is 11.1 Å². The highest BCUT2D eigenvalue weighted by atomic mass is 16.5. The Balaban J connectivity index is 2.31. The summed E-state index contributed by atoms with van der Waals surface area (Å²) in [5.74, 6) is 0.990. The summed E-state index contributed by atoms with van der Waals surface area (Å²) in [5.41, 5.74) is 2.52. The molecule has 0 bridgehead atoms. The van der Waals surface area contributed by atoms with E-state index < -0.39 is 0 Å². The number of aryl methyl sites for hydroxylation is 2. The molecule has 84 valence electrons. The van der Waals surface area contributed by atoms with Crippen LogP contribution in [-0.4, -0.2) is 19.7 Å². The molecule has 0 aromatic heterocycles. The molecule has 0 saturated carbocycles. The highest BCUT2D eigenvalue weighted by Gasteiger charge is 1.96. The monoisotopic (exact) mass is 207 g/mol. The third-order valence-corrected chi connectivity index (χ3v) is 2.21. The van der Waals surface area contributed by atoms with Crippen LogP contribution in [0, 0.1) is 13.8 Å². The molecule has 0 aliphatic rings. The minimum atomic E-state index is 0.788. The van der Waals surface area contributed by atoms with Crippen LogP contribution >= 0.6 is 0 Å². The van der Waals surface area contributed by atoms with Gasteiger partial charge < -0.3 is 10.1 Å². The van der Waals surface area contributed by atoms with Gasteiger partial charge in [-0.15, -0.1) is 0 Å². The van der Waals surface area contributed by atoms with Crippen molar-refractivity contribution >= 4 is 0 Å². The van der Waals surface area contributed by atoms with Crippen molar-refractivity contribution in [3.8, 4) is 5.75 Å². The van der Waals surface area contributed by atoms with Crippen LogP contribution in [0.4, 0.5) is 0 Å². The second kappa shape index (κ2) is 6.46. The van der Waals surface area contributed by atoms with E-state index in [9.17, 15) is 0 Å². The maximum absolute atomic E-state index is 5.67. The lowest BCUT2D eigenvalue weighted by Crippen LogP contribution is -2.16. The molecular weight excluding hydrogens is 186 g/mol. The van der Waals surface area contributed by atoms with Crippen molar-refractivity contribution in [2.24, 2.45) is 0 Å². The maximum Gasteiger partial charge on any atom is 0.119 e. The summed E-state index contributed by atoms with van der Waals surface area (Å²) in [6, 6.07) is 6.33. The number of nitrogens with one attached hydrogen (secondary N) is 1. The zero-order chi connectivity index (χ0) is 11.1. The van der Waals surface area contributed by atoms with Gasteiger partial charge in [0.1, 0.15) is 5.75 Å². The van der Waals surface area contributed by atoms with Crippen molar-refractivity contribution in [1.29, 1.82) is 0 Å². The van der Waals surface area contributed by atoms with Crippen molar-refractivity contribution < 1.29 is 4.74 Å². The Kier molecular flexibility index (Phi) is 5.19. The number of ether oxygens (including phenoxy) is 1. The molecule has 0 fully saturated rings. The molecule has 0 spiro atoms. The third kappa shape index (κ3) is 4.84. The Labute approximate surface area is 92.6 Å². The SMILES string of the molecule is CCNCCCOc1cc(C)cc(C)c1. The molecule has 1 N–H and O–H groups in total. The van der Waals surface area contributed by atoms with E-state index in [0.717, 1.165) is 31.9 Å². The smallest absolute Gasteiger partial charge is 0.119 e. The van der Waals surface area contributed by atoms with E-state index in [1.807, 2.05) is 0 Å². The first-order valence-corrected chi connectivity index (χ1v) is 5.64. The summed E-state index contributed by atoms with van der Waals surface area (Å²) in [6.45, 7) is 9.16. The minimum absolute atomic E-state index is 0.788. The number of rotatable bonds is 6. The first-order valence-electron chi connectivity index (χ1n) is 5.64. The van der Waals surface area contributed by atoms with Crippen LogP contribution in [0.2, 0.25) is 0 Å². The zero-order valence-corrected chi connectivity index (χ0v) is 9.97. The topological polar surface area (TPSA) is 21.3 Å². The van der Waals surface area contributed by atoms with Crippen LogP contribution in [-0.2, 0) is 0 Å². The quantitative estimate of drug-likeness (QED) is 0.724. The van der Waals surface area contributed by atoms with Gasteiger partial charge in [0.15, 0.2) is 0 Å². The van der Waals surface area contributed by atoms with Gasteiger partial charge in [-0.2, -0.15) is 0 Å². The lowest BCUT2D eigenvalue weighted by molar-refractivity contribution is 0.308. The lowest BCUT2D eigenvalue weighted by Gasteiger charge is -2.08. The molecule has 2 nitrogen and oxygen atoms in total. The second-order valence-electron chi connectivity index (χ2n) is 3.88. The van der Waals surface area contributed by atoms with Crippen molar-refractivity contribution in [1.82, 2.24) is 5.32 Å². The van der Waals surface area contributed by atoms with Gasteiger partial charge in [0.2, 0.25) is 0 Å². The molecule has 0 aliphatic carbocycles. The average molecular weight is 207 g/mol. The molecule has 0 unspecified atom stereocenters. The summed E-state index contributed by atoms with van der Waals surface area (Å²) < 4.78 is 5.67. The van der Waals surface area contributed by atoms with Crippen molar-refractivity contribution in [3.05, 3.63) is 29.3 Å². The van der Waals surface area contributed by atoms with Crippen molar-refractivity contribution in [3.63, 3.8) is 0 Å². The van der Waals surface area contributed by atoms with Gasteiger partial charge in [0, 0.05) is 0 Å². The molecule has 0 aliphatic heterocycles. The fraction of sp³-hybridized carbons (Fsp3) is 0.538. The van der Waals surface area contributed by atoms with E-state index in [0.29, 0.717) is 0 Å². The Morgan fingerprint density at radius 2 is 1.80 bits per heavy atom. The molecule has 0 amide bonds. The van der Waals surface area contributed by atoms with Gasteiger partial charge in [-0.1, -0.05) is 13.0 Å². The van der Waals surface area contributed by atoms with Gasteiger partial charge in [0.05, 0.1) is 6.61 Å². The Hall–Kier alpha value is -1.02. The number of hydrogen-bond acceptors (Lipinski definition) is 2. The van der Waals surface area contributed by atoms with Gasteiger partial charge >= 0.3 is 0 Å². The van der Waals surface area contributed by atoms with Crippen LogP contribution in [0.15, 0.2) is 18.2 Å². The molecule has 2 heteroatoms. The first kappa shape index (κ1) is 12.1. The van der Waals surface area contributed by atoms with E-state index >= 15 is 0 Å². The van der Waals surface area contributed by atoms with Gasteiger partial charge in [-0.25, -0.2) is 0 Å². The van der Waals surface area contributed by atoms with E-state index in [1.54, 1.807) is 0 Å². The highest BCUT2D eigenvalue weighted by Crippen LogP contribution is 2.16. The fourth-order valence-corrected chi connectivity index (χ4v) is 1.58. The second-order valence-corrected chi connectivity index (χ2v) is 3.88. The zero-order valence-electron chi connectivity index (χ0n) is 9.97. The maximum atomic E-state index is 5.67. The van der Waals surface area contributed by atoms with Crippen molar-refractivity contribution in [2.45, 2.75) is 27.2 Å². The van der Waals surface area contributed by atoms with Gasteiger partial charge in [-0.05, 0) is 56.6 Å². The van der Waals surface area contributed by atoms with Crippen LogP contribution < -0.4 is 10.1 Å². The minimum Gasteiger partial charge on any atom is -0.494 e. The predicted octanol–water partition coefficient (Wildman–Crippen LogP) is 2.68. The molecular formula is C13H21NO. The third-order valence-electron chi connectivity index (χ3n) is 2.21. The van der Waals surface area contributed by atoms with Crippen LogP contribution in [0.25, 0.3) is 0 Å². The van der Waals surface area contributed by atoms with Crippen molar-refractivity contribution in [2.75, 3.05) is 19.7 Å². The highest BCUT2D eigenvalue weighted by molar-refractivity contribution is 5.32. The summed E-state index contributed by atoms with van der Waals surface area (Å²) in [4.78, 5) is 0. The summed E-state index contributed by atoms with van der Waals surface area (Å²) >= 11 is 0. The summed E-state index contributed by atoms with van der Waals surface area (Å²) in [7, 11) is 0. The van der Waals surface area contributed by atoms with Crippen LogP contribution in [0.1, 0.15) is 24.5 Å². The van der Waals surface area contributed by atoms with E-state index in [2.05, 4.69) is 44.3 Å².